The number of carbonyl (C=O) groups excluding carboxylic acids is 2. The third-order valence-corrected chi connectivity index (χ3v) is 6.15. The lowest BCUT2D eigenvalue weighted by molar-refractivity contribution is -0.116. The van der Waals surface area contributed by atoms with Crippen LogP contribution in [0.1, 0.15) is 64.3 Å². The fourth-order valence-corrected chi connectivity index (χ4v) is 4.02. The lowest BCUT2D eigenvalue weighted by Crippen LogP contribution is -2.41. The number of ether oxygens (including phenoxy) is 1. The van der Waals surface area contributed by atoms with Crippen molar-refractivity contribution in [3.8, 4) is 11.4 Å². The van der Waals surface area contributed by atoms with Crippen LogP contribution < -0.4 is 15.4 Å². The Balaban J connectivity index is 1.80. The summed E-state index contributed by atoms with van der Waals surface area (Å²) in [5.74, 6) is 1.03. The van der Waals surface area contributed by atoms with E-state index >= 15 is 0 Å². The number of carbonyl (C=O) groups is 2. The fraction of sp³-hybridized carbons (Fsp3) is 0.433. The minimum atomic E-state index is -0.323. The van der Waals surface area contributed by atoms with Crippen molar-refractivity contribution in [2.45, 2.75) is 66.7 Å². The maximum absolute atomic E-state index is 13.3. The molecule has 1 aromatic heterocycles. The molecule has 0 atom stereocenters. The van der Waals surface area contributed by atoms with Gasteiger partial charge in [0.15, 0.2) is 0 Å². The van der Waals surface area contributed by atoms with Crippen molar-refractivity contribution in [2.24, 2.45) is 0 Å². The van der Waals surface area contributed by atoms with Gasteiger partial charge in [0, 0.05) is 23.7 Å². The molecule has 8 heteroatoms. The van der Waals surface area contributed by atoms with E-state index in [2.05, 4.69) is 44.4 Å². The van der Waals surface area contributed by atoms with Gasteiger partial charge in [-0.15, -0.1) is 0 Å². The van der Waals surface area contributed by atoms with Gasteiger partial charge in [-0.2, -0.15) is 5.10 Å². The van der Waals surface area contributed by atoms with E-state index in [1.54, 1.807) is 16.8 Å². The Bertz CT molecular complexity index is 1240. The molecular weight excluding hydrogens is 478 g/mol. The smallest absolute Gasteiger partial charge is 0.322 e. The zero-order chi connectivity index (χ0) is 27.9. The number of hydrogen-bond donors (Lipinski definition) is 2. The molecule has 0 bridgehead atoms. The van der Waals surface area contributed by atoms with E-state index in [0.29, 0.717) is 24.7 Å². The Morgan fingerprint density at radius 2 is 1.71 bits per heavy atom. The van der Waals surface area contributed by atoms with Crippen molar-refractivity contribution in [3.63, 3.8) is 0 Å². The van der Waals surface area contributed by atoms with E-state index in [-0.39, 0.29) is 23.9 Å². The van der Waals surface area contributed by atoms with Crippen LogP contribution in [0.5, 0.6) is 5.75 Å². The average Bonchev–Trinajstić information content (AvgIpc) is 3.27. The van der Waals surface area contributed by atoms with Crippen molar-refractivity contribution >= 4 is 23.4 Å². The third-order valence-electron chi connectivity index (χ3n) is 6.15. The van der Waals surface area contributed by atoms with Crippen LogP contribution in [0.3, 0.4) is 0 Å². The van der Waals surface area contributed by atoms with Crippen molar-refractivity contribution in [2.75, 3.05) is 30.3 Å². The van der Waals surface area contributed by atoms with Gasteiger partial charge in [0.05, 0.1) is 18.0 Å². The van der Waals surface area contributed by atoms with E-state index in [1.165, 1.54) is 4.90 Å². The molecule has 0 aliphatic rings. The number of anilines is 2. The molecule has 0 aliphatic carbocycles. The summed E-state index contributed by atoms with van der Waals surface area (Å²) in [6.07, 6.45) is 1.70. The molecule has 3 amide bonds. The highest BCUT2D eigenvalue weighted by atomic mass is 16.5. The molecule has 2 N–H and O–H groups in total. The molecule has 8 nitrogen and oxygen atoms in total. The molecule has 38 heavy (non-hydrogen) atoms. The van der Waals surface area contributed by atoms with Crippen LogP contribution in [0, 0.1) is 13.8 Å². The number of nitrogens with one attached hydrogen (secondary N) is 2. The average molecular weight is 520 g/mol. The molecule has 0 saturated heterocycles. The largest absolute Gasteiger partial charge is 0.494 e. The van der Waals surface area contributed by atoms with Gasteiger partial charge >= 0.3 is 6.03 Å². The van der Waals surface area contributed by atoms with Crippen LogP contribution in [0.15, 0.2) is 48.5 Å². The summed E-state index contributed by atoms with van der Waals surface area (Å²) in [5.41, 5.74) is 4.42. The topological polar surface area (TPSA) is 88.5 Å². The molecule has 0 radical (unpaired) electrons. The van der Waals surface area contributed by atoms with E-state index in [9.17, 15) is 9.59 Å². The molecule has 0 unspecified atom stereocenters. The Morgan fingerprint density at radius 1 is 1.00 bits per heavy atom. The van der Waals surface area contributed by atoms with E-state index in [0.717, 1.165) is 41.1 Å². The highest BCUT2D eigenvalue weighted by molar-refractivity contribution is 5.96. The van der Waals surface area contributed by atoms with Gasteiger partial charge in [0.25, 0.3) is 0 Å². The monoisotopic (exact) mass is 519 g/mol. The Kier molecular flexibility index (Phi) is 9.55. The van der Waals surface area contributed by atoms with E-state index < -0.39 is 0 Å². The molecule has 204 valence electrons. The van der Waals surface area contributed by atoms with E-state index in [4.69, 9.17) is 9.84 Å². The first kappa shape index (κ1) is 28.8. The summed E-state index contributed by atoms with van der Waals surface area (Å²) in [7, 11) is 0. The Labute approximate surface area is 226 Å². The van der Waals surface area contributed by atoms with Crippen LogP contribution in [0.25, 0.3) is 5.69 Å². The molecule has 0 fully saturated rings. The number of amides is 3. The fourth-order valence-electron chi connectivity index (χ4n) is 4.02. The second kappa shape index (κ2) is 12.6. The molecule has 3 rings (SSSR count). The van der Waals surface area contributed by atoms with E-state index in [1.807, 2.05) is 51.1 Å². The van der Waals surface area contributed by atoms with Crippen LogP contribution in [-0.4, -0.2) is 46.3 Å². The number of unbranched alkanes of at least 4 members (excludes halogenated alkanes) is 1. The van der Waals surface area contributed by atoms with Crippen LogP contribution >= 0.6 is 0 Å². The first-order chi connectivity index (χ1) is 18.0. The lowest BCUT2D eigenvalue weighted by atomic mass is 9.92. The quantitative estimate of drug-likeness (QED) is 0.322. The molecule has 0 spiro atoms. The number of urea groups is 1. The van der Waals surface area contributed by atoms with Gasteiger partial charge in [0.2, 0.25) is 5.91 Å². The van der Waals surface area contributed by atoms with Gasteiger partial charge in [-0.1, -0.05) is 51.8 Å². The summed E-state index contributed by atoms with van der Waals surface area (Å²) in [6.45, 7) is 15.3. The minimum absolute atomic E-state index is 0.0776. The number of rotatable bonds is 10. The van der Waals surface area contributed by atoms with Crippen LogP contribution in [0.2, 0.25) is 0 Å². The highest BCUT2D eigenvalue weighted by Crippen LogP contribution is 2.28. The van der Waals surface area contributed by atoms with Crippen LogP contribution in [0.4, 0.5) is 16.3 Å². The molecule has 1 heterocycles. The number of hydrogen-bond acceptors (Lipinski definition) is 4. The first-order valence-corrected chi connectivity index (χ1v) is 13.3. The second-order valence-corrected chi connectivity index (χ2v) is 10.6. The summed E-state index contributed by atoms with van der Waals surface area (Å²) in [4.78, 5) is 27.9. The van der Waals surface area contributed by atoms with Crippen molar-refractivity contribution < 1.29 is 14.3 Å². The van der Waals surface area contributed by atoms with Crippen molar-refractivity contribution in [3.05, 3.63) is 65.4 Å². The summed E-state index contributed by atoms with van der Waals surface area (Å²) >= 11 is 0. The summed E-state index contributed by atoms with van der Waals surface area (Å²) in [5, 5.41) is 10.7. The second-order valence-electron chi connectivity index (χ2n) is 10.6. The van der Waals surface area contributed by atoms with Gasteiger partial charge in [-0.3, -0.25) is 4.79 Å². The molecule has 0 aliphatic heterocycles. The predicted octanol–water partition coefficient (Wildman–Crippen LogP) is 6.46. The number of nitrogens with zero attached hydrogens (tertiary/aromatic N) is 3. The number of benzene rings is 2. The summed E-state index contributed by atoms with van der Waals surface area (Å²) in [6, 6.07) is 14.9. The standard InChI is InChI=1S/C30H41N5O3/c1-8-10-17-34(29(37)31-23-12-14-24(15-13-23)38-9-2)20-28(36)32-27-19-26(30(5,6)7)33-35(27)25-16-11-21(3)18-22(25)4/h11-16,18-19H,8-10,17,20H2,1-7H3,(H,31,37)(H,32,36). The highest BCUT2D eigenvalue weighted by Gasteiger charge is 2.23. The van der Waals surface area contributed by atoms with Crippen LogP contribution in [-0.2, 0) is 10.2 Å². The zero-order valence-electron chi connectivity index (χ0n) is 23.7. The molecular formula is C30H41N5O3. The number of aromatic nitrogens is 2. The molecule has 3 aromatic rings. The molecule has 0 saturated carbocycles. The normalized spacial score (nSPS) is 11.2. The predicted molar refractivity (Wildman–Crippen MR) is 153 cm³/mol. The third kappa shape index (κ3) is 7.60. The van der Waals surface area contributed by atoms with Gasteiger partial charge in [0.1, 0.15) is 18.1 Å². The SMILES string of the molecule is CCCCN(CC(=O)Nc1cc(C(C)(C)C)nn1-c1ccc(C)cc1C)C(=O)Nc1ccc(OCC)cc1. The Hall–Kier alpha value is -3.81. The number of aryl methyl sites for hydroxylation is 2. The van der Waals surface area contributed by atoms with Gasteiger partial charge in [-0.05, 0) is 63.1 Å². The zero-order valence-corrected chi connectivity index (χ0v) is 23.7. The maximum atomic E-state index is 13.3. The van der Waals surface area contributed by atoms with Crippen molar-refractivity contribution in [1.29, 1.82) is 0 Å². The first-order valence-electron chi connectivity index (χ1n) is 13.3. The minimum Gasteiger partial charge on any atom is -0.494 e. The van der Waals surface area contributed by atoms with Gasteiger partial charge < -0.3 is 20.3 Å². The summed E-state index contributed by atoms with van der Waals surface area (Å²) < 4.78 is 7.25. The maximum Gasteiger partial charge on any atom is 0.322 e. The van der Waals surface area contributed by atoms with Crippen molar-refractivity contribution in [1.82, 2.24) is 14.7 Å². The Morgan fingerprint density at radius 3 is 2.32 bits per heavy atom. The van der Waals surface area contributed by atoms with Gasteiger partial charge in [-0.25, -0.2) is 9.48 Å². The lowest BCUT2D eigenvalue weighted by Gasteiger charge is -2.23. The molecule has 2 aromatic carbocycles.